The van der Waals surface area contributed by atoms with Gasteiger partial charge in [-0.05, 0) is 62.8 Å². The number of benzene rings is 2. The summed E-state index contributed by atoms with van der Waals surface area (Å²) in [6.45, 7) is 5.39. The summed E-state index contributed by atoms with van der Waals surface area (Å²) in [5.74, 6) is 0.701. The fraction of sp³-hybridized carbons (Fsp3) is 0.480. The van der Waals surface area contributed by atoms with Crippen LogP contribution in [0, 0.1) is 6.92 Å². The van der Waals surface area contributed by atoms with E-state index in [1.165, 1.54) is 27.6 Å². The molecule has 1 amide bonds. The molecule has 2 saturated heterocycles. The molecule has 2 atom stereocenters. The lowest BCUT2D eigenvalue weighted by atomic mass is 9.89. The first-order valence-corrected chi connectivity index (χ1v) is 13.2. The molecular weight excluding hydrogens is 454 g/mol. The molecule has 8 nitrogen and oxygen atoms in total. The maximum atomic E-state index is 13.3. The second-order valence-corrected chi connectivity index (χ2v) is 11.3. The van der Waals surface area contributed by atoms with Gasteiger partial charge in [0.05, 0.1) is 18.1 Å². The molecule has 0 saturated carbocycles. The number of rotatable bonds is 5. The second kappa shape index (κ2) is 9.30. The third-order valence-corrected chi connectivity index (χ3v) is 8.93. The Morgan fingerprint density at radius 2 is 1.82 bits per heavy atom. The predicted octanol–water partition coefficient (Wildman–Crippen LogP) is 2.23. The summed E-state index contributed by atoms with van der Waals surface area (Å²) < 4.78 is 38.1. The van der Waals surface area contributed by atoms with Crippen molar-refractivity contribution in [3.63, 3.8) is 0 Å². The maximum absolute atomic E-state index is 13.3. The Labute approximate surface area is 201 Å². The Bertz CT molecular complexity index is 1160. The molecule has 3 heterocycles. The number of aryl methyl sites for hydroxylation is 1. The van der Waals surface area contributed by atoms with Crippen molar-refractivity contribution < 1.29 is 22.7 Å². The van der Waals surface area contributed by atoms with Crippen LogP contribution in [0.4, 0.5) is 5.69 Å². The maximum Gasteiger partial charge on any atom is 0.265 e. The van der Waals surface area contributed by atoms with E-state index in [9.17, 15) is 13.2 Å². The molecule has 34 heavy (non-hydrogen) atoms. The Hall–Kier alpha value is -2.46. The zero-order valence-corrected chi connectivity index (χ0v) is 20.5. The fourth-order valence-corrected chi connectivity index (χ4v) is 6.67. The molecule has 5 rings (SSSR count). The van der Waals surface area contributed by atoms with Gasteiger partial charge in [-0.15, -0.1) is 0 Å². The van der Waals surface area contributed by atoms with Gasteiger partial charge < -0.3 is 19.3 Å². The van der Waals surface area contributed by atoms with Crippen molar-refractivity contribution in [3.05, 3.63) is 53.6 Å². The molecule has 2 aromatic rings. The van der Waals surface area contributed by atoms with Crippen LogP contribution in [0.15, 0.2) is 47.4 Å². The number of carbonyl (C=O) groups excluding carboxylic acids is 1. The van der Waals surface area contributed by atoms with Crippen molar-refractivity contribution in [3.8, 4) is 5.75 Å². The number of anilines is 1. The largest absolute Gasteiger partial charge is 0.484 e. The first-order chi connectivity index (χ1) is 16.3. The molecule has 182 valence electrons. The number of ether oxygens (including phenoxy) is 2. The highest BCUT2D eigenvalue weighted by Crippen LogP contribution is 2.45. The lowest BCUT2D eigenvalue weighted by molar-refractivity contribution is -0.121. The minimum Gasteiger partial charge on any atom is -0.484 e. The molecule has 0 aromatic heterocycles. The number of piperidine rings is 1. The molecule has 0 N–H and O–H groups in total. The Balaban J connectivity index is 1.28. The summed E-state index contributed by atoms with van der Waals surface area (Å²) in [7, 11) is -1.43. The number of hydrogen-bond donors (Lipinski definition) is 0. The molecule has 0 spiro atoms. The second-order valence-electron chi connectivity index (χ2n) is 9.33. The van der Waals surface area contributed by atoms with Gasteiger partial charge in [-0.3, -0.25) is 4.79 Å². The SMILES string of the molecule is Cc1ccc2c(c1)[C@H]1CN(C)CC[C@H]1N2C(=O)COc1ccc(S(=O)(=O)N2CCOCC2)cc1. The quantitative estimate of drug-likeness (QED) is 0.646. The van der Waals surface area contributed by atoms with Gasteiger partial charge in [-0.1, -0.05) is 17.7 Å². The number of nitrogens with zero attached hydrogens (tertiary/aromatic N) is 3. The van der Waals surface area contributed by atoms with Crippen molar-refractivity contribution in [2.24, 2.45) is 0 Å². The normalized spacial score (nSPS) is 23.4. The van der Waals surface area contributed by atoms with Gasteiger partial charge >= 0.3 is 0 Å². The van der Waals surface area contributed by atoms with E-state index in [0.717, 1.165) is 25.2 Å². The zero-order chi connectivity index (χ0) is 23.9. The Morgan fingerprint density at radius 3 is 2.56 bits per heavy atom. The molecule has 3 aliphatic rings. The minimum absolute atomic E-state index is 0.0767. The Morgan fingerprint density at radius 1 is 1.09 bits per heavy atom. The Kier molecular flexibility index (Phi) is 6.37. The minimum atomic E-state index is -3.56. The smallest absolute Gasteiger partial charge is 0.265 e. The van der Waals surface area contributed by atoms with Crippen LogP contribution in [0.5, 0.6) is 5.75 Å². The van der Waals surface area contributed by atoms with Gasteiger partial charge in [0.2, 0.25) is 10.0 Å². The van der Waals surface area contributed by atoms with Crippen LogP contribution in [0.25, 0.3) is 0 Å². The van der Waals surface area contributed by atoms with Crippen molar-refractivity contribution in [2.45, 2.75) is 30.2 Å². The number of sulfonamides is 1. The first kappa shape index (κ1) is 23.3. The van der Waals surface area contributed by atoms with Crippen LogP contribution in [-0.4, -0.2) is 82.6 Å². The number of likely N-dealkylation sites (N-methyl/N-ethyl adjacent to an activating group) is 1. The van der Waals surface area contributed by atoms with E-state index in [1.54, 1.807) is 12.1 Å². The van der Waals surface area contributed by atoms with Gasteiger partial charge in [0.15, 0.2) is 6.61 Å². The molecule has 0 unspecified atom stereocenters. The molecule has 0 bridgehead atoms. The molecule has 2 fully saturated rings. The van der Waals surface area contributed by atoms with E-state index in [0.29, 0.717) is 38.0 Å². The highest BCUT2D eigenvalue weighted by atomic mass is 32.2. The van der Waals surface area contributed by atoms with E-state index in [4.69, 9.17) is 9.47 Å². The number of fused-ring (bicyclic) bond motifs is 3. The van der Waals surface area contributed by atoms with Crippen LogP contribution in [0.2, 0.25) is 0 Å². The highest BCUT2D eigenvalue weighted by Gasteiger charge is 2.43. The van der Waals surface area contributed by atoms with E-state index in [2.05, 4.69) is 31.0 Å². The van der Waals surface area contributed by atoms with Crippen LogP contribution in [0.1, 0.15) is 23.5 Å². The number of hydrogen-bond acceptors (Lipinski definition) is 6. The van der Waals surface area contributed by atoms with Gasteiger partial charge in [0, 0.05) is 37.3 Å². The standard InChI is InChI=1S/C25H31N3O5S/c1-18-3-8-23-21(15-18)22-16-26(2)10-9-24(22)28(23)25(29)17-33-19-4-6-20(7-5-19)34(30,31)27-11-13-32-14-12-27/h3-8,15,22,24H,9-14,16-17H2,1-2H3/t22-,24-/m1/s1. The number of carbonyl (C=O) groups is 1. The van der Waals surface area contributed by atoms with Gasteiger partial charge in [0.1, 0.15) is 5.75 Å². The number of amides is 1. The molecule has 9 heteroatoms. The first-order valence-electron chi connectivity index (χ1n) is 11.8. The molecular formula is C25H31N3O5S. The van der Waals surface area contributed by atoms with E-state index in [1.807, 2.05) is 11.0 Å². The predicted molar refractivity (Wildman–Crippen MR) is 129 cm³/mol. The summed E-state index contributed by atoms with van der Waals surface area (Å²) in [4.78, 5) is 17.8. The average Bonchev–Trinajstić information content (AvgIpc) is 3.16. The van der Waals surface area contributed by atoms with Crippen LogP contribution in [0.3, 0.4) is 0 Å². The topological polar surface area (TPSA) is 79.4 Å². The van der Waals surface area contributed by atoms with Crippen molar-refractivity contribution >= 4 is 21.6 Å². The van der Waals surface area contributed by atoms with Crippen molar-refractivity contribution in [2.75, 3.05) is 57.9 Å². The summed E-state index contributed by atoms with van der Waals surface area (Å²) in [5, 5.41) is 0. The van der Waals surface area contributed by atoms with Crippen LogP contribution in [-0.2, 0) is 19.6 Å². The average molecular weight is 486 g/mol. The monoisotopic (exact) mass is 485 g/mol. The van der Waals surface area contributed by atoms with Crippen molar-refractivity contribution in [1.29, 1.82) is 0 Å². The zero-order valence-electron chi connectivity index (χ0n) is 19.6. The van der Waals surface area contributed by atoms with E-state index < -0.39 is 10.0 Å². The van der Waals surface area contributed by atoms with Gasteiger partial charge in [0.25, 0.3) is 5.91 Å². The number of morpholine rings is 1. The summed E-state index contributed by atoms with van der Waals surface area (Å²) in [6, 6.07) is 12.7. The molecule has 0 aliphatic carbocycles. The number of likely N-dealkylation sites (tertiary alicyclic amines) is 1. The van der Waals surface area contributed by atoms with E-state index >= 15 is 0 Å². The molecule has 0 radical (unpaired) electrons. The lowest BCUT2D eigenvalue weighted by Crippen LogP contribution is -2.48. The third kappa shape index (κ3) is 4.33. The summed E-state index contributed by atoms with van der Waals surface area (Å²) in [6.07, 6.45) is 0.925. The van der Waals surface area contributed by atoms with Gasteiger partial charge in [-0.25, -0.2) is 8.42 Å². The molecule has 3 aliphatic heterocycles. The van der Waals surface area contributed by atoms with E-state index in [-0.39, 0.29) is 23.5 Å². The highest BCUT2D eigenvalue weighted by molar-refractivity contribution is 7.89. The lowest BCUT2D eigenvalue weighted by Gasteiger charge is -2.36. The van der Waals surface area contributed by atoms with Crippen molar-refractivity contribution in [1.82, 2.24) is 9.21 Å². The molecule has 2 aromatic carbocycles. The fourth-order valence-electron chi connectivity index (χ4n) is 5.26. The third-order valence-electron chi connectivity index (χ3n) is 7.02. The summed E-state index contributed by atoms with van der Waals surface area (Å²) >= 11 is 0. The van der Waals surface area contributed by atoms with Gasteiger partial charge in [-0.2, -0.15) is 4.31 Å². The summed E-state index contributed by atoms with van der Waals surface area (Å²) in [5.41, 5.74) is 3.42. The van der Waals surface area contributed by atoms with Crippen LogP contribution < -0.4 is 9.64 Å². The van der Waals surface area contributed by atoms with Crippen LogP contribution >= 0.6 is 0 Å².